The van der Waals surface area contributed by atoms with E-state index >= 15 is 0 Å². The van der Waals surface area contributed by atoms with E-state index in [4.69, 9.17) is 0 Å². The van der Waals surface area contributed by atoms with Crippen molar-refractivity contribution in [3.8, 4) is 0 Å². The Hall–Kier alpha value is -2.51. The maximum atomic E-state index is 13.0. The molecule has 158 valence electrons. The molecule has 1 unspecified atom stereocenters. The van der Waals surface area contributed by atoms with E-state index in [-0.39, 0.29) is 17.9 Å². The standard InChI is InChI=1S/C23H27N3O2S2/c1-15-22(30-17(3)24-15)16(2)26(4)23(28)18-8-5-9-19(14-18)25-21(27)12-6-10-20-11-7-13-29-20/h5,7-9,11,13-14,16H,6,10,12H2,1-4H3,(H,25,27). The van der Waals surface area contributed by atoms with Gasteiger partial charge in [0, 0.05) is 34.5 Å². The molecule has 0 saturated heterocycles. The Kier molecular flexibility index (Phi) is 7.39. The lowest BCUT2D eigenvalue weighted by atomic mass is 10.1. The van der Waals surface area contributed by atoms with Gasteiger partial charge in [0.1, 0.15) is 0 Å². The van der Waals surface area contributed by atoms with Gasteiger partial charge in [0.15, 0.2) is 0 Å². The first-order valence-electron chi connectivity index (χ1n) is 9.98. The van der Waals surface area contributed by atoms with Crippen molar-refractivity contribution in [1.82, 2.24) is 9.88 Å². The van der Waals surface area contributed by atoms with Crippen LogP contribution in [0.1, 0.15) is 56.6 Å². The second-order valence-electron chi connectivity index (χ2n) is 7.34. The molecule has 2 amide bonds. The van der Waals surface area contributed by atoms with Crippen LogP contribution in [0, 0.1) is 13.8 Å². The van der Waals surface area contributed by atoms with Crippen LogP contribution in [-0.2, 0) is 11.2 Å². The van der Waals surface area contributed by atoms with E-state index < -0.39 is 0 Å². The van der Waals surface area contributed by atoms with Gasteiger partial charge in [0.05, 0.1) is 16.7 Å². The monoisotopic (exact) mass is 441 g/mol. The summed E-state index contributed by atoms with van der Waals surface area (Å²) in [7, 11) is 1.80. The summed E-state index contributed by atoms with van der Waals surface area (Å²) >= 11 is 3.33. The van der Waals surface area contributed by atoms with Crippen LogP contribution in [0.2, 0.25) is 0 Å². The summed E-state index contributed by atoms with van der Waals surface area (Å²) in [6.45, 7) is 5.96. The normalized spacial score (nSPS) is 11.9. The van der Waals surface area contributed by atoms with Gasteiger partial charge in [-0.25, -0.2) is 4.98 Å². The largest absolute Gasteiger partial charge is 0.334 e. The molecule has 3 aromatic rings. The molecular formula is C23H27N3O2S2. The lowest BCUT2D eigenvalue weighted by Crippen LogP contribution is -2.29. The maximum absolute atomic E-state index is 13.0. The van der Waals surface area contributed by atoms with Gasteiger partial charge in [-0.2, -0.15) is 0 Å². The number of carbonyl (C=O) groups excluding carboxylic acids is 2. The van der Waals surface area contributed by atoms with Crippen molar-refractivity contribution in [3.05, 3.63) is 67.8 Å². The molecule has 0 fully saturated rings. The summed E-state index contributed by atoms with van der Waals surface area (Å²) in [6.07, 6.45) is 2.17. The molecule has 7 heteroatoms. The van der Waals surface area contributed by atoms with Crippen LogP contribution in [0.25, 0.3) is 0 Å². The minimum absolute atomic E-state index is 0.0337. The maximum Gasteiger partial charge on any atom is 0.254 e. The number of aromatic nitrogens is 1. The van der Waals surface area contributed by atoms with Gasteiger partial charge in [-0.1, -0.05) is 12.1 Å². The highest BCUT2D eigenvalue weighted by molar-refractivity contribution is 7.11. The first kappa shape index (κ1) is 22.2. The highest BCUT2D eigenvalue weighted by atomic mass is 32.1. The summed E-state index contributed by atoms with van der Waals surface area (Å²) in [4.78, 5) is 33.9. The number of rotatable bonds is 8. The van der Waals surface area contributed by atoms with Crippen LogP contribution in [0.3, 0.4) is 0 Å². The summed E-state index contributed by atoms with van der Waals surface area (Å²) in [6, 6.07) is 11.2. The number of thiazole rings is 1. The van der Waals surface area contributed by atoms with Gasteiger partial charge in [0.25, 0.3) is 5.91 Å². The van der Waals surface area contributed by atoms with Gasteiger partial charge < -0.3 is 10.2 Å². The Labute approximate surface area is 185 Å². The number of aryl methyl sites for hydroxylation is 3. The lowest BCUT2D eigenvalue weighted by Gasteiger charge is -2.24. The van der Waals surface area contributed by atoms with E-state index in [1.54, 1.807) is 52.8 Å². The van der Waals surface area contributed by atoms with Crippen molar-refractivity contribution in [1.29, 1.82) is 0 Å². The molecule has 0 saturated carbocycles. The fraction of sp³-hybridized carbons (Fsp3) is 0.348. The molecule has 0 bridgehead atoms. The number of hydrogen-bond donors (Lipinski definition) is 1. The molecule has 1 aromatic carbocycles. The van der Waals surface area contributed by atoms with Gasteiger partial charge in [0.2, 0.25) is 5.91 Å². The zero-order valence-electron chi connectivity index (χ0n) is 17.8. The second-order valence-corrected chi connectivity index (χ2v) is 9.60. The summed E-state index contributed by atoms with van der Waals surface area (Å²) < 4.78 is 0. The number of benzene rings is 1. The minimum Gasteiger partial charge on any atom is -0.334 e. The zero-order chi connectivity index (χ0) is 21.7. The number of thiophene rings is 1. The smallest absolute Gasteiger partial charge is 0.254 e. The number of hydrogen-bond acceptors (Lipinski definition) is 5. The Morgan fingerprint density at radius 2 is 2.00 bits per heavy atom. The minimum atomic E-state index is -0.0817. The van der Waals surface area contributed by atoms with Crippen molar-refractivity contribution in [2.24, 2.45) is 0 Å². The molecular weight excluding hydrogens is 414 g/mol. The van der Waals surface area contributed by atoms with Gasteiger partial charge in [-0.05, 0) is 63.3 Å². The molecule has 0 aliphatic heterocycles. The highest BCUT2D eigenvalue weighted by Crippen LogP contribution is 2.29. The van der Waals surface area contributed by atoms with Crippen LogP contribution < -0.4 is 5.32 Å². The summed E-state index contributed by atoms with van der Waals surface area (Å²) in [5.41, 5.74) is 2.17. The van der Waals surface area contributed by atoms with Crippen LogP contribution in [-0.4, -0.2) is 28.7 Å². The predicted molar refractivity (Wildman–Crippen MR) is 124 cm³/mol. The second kappa shape index (κ2) is 10.00. The predicted octanol–water partition coefficient (Wildman–Crippen LogP) is 5.62. The molecule has 2 aromatic heterocycles. The summed E-state index contributed by atoms with van der Waals surface area (Å²) in [5.74, 6) is -0.115. The average Bonchev–Trinajstić information content (AvgIpc) is 3.35. The van der Waals surface area contributed by atoms with Crippen LogP contribution >= 0.6 is 22.7 Å². The quantitative estimate of drug-likeness (QED) is 0.494. The average molecular weight is 442 g/mol. The van der Waals surface area contributed by atoms with Gasteiger partial charge in [-0.15, -0.1) is 22.7 Å². The lowest BCUT2D eigenvalue weighted by molar-refractivity contribution is -0.116. The third-order valence-electron chi connectivity index (χ3n) is 5.02. The summed E-state index contributed by atoms with van der Waals surface area (Å²) in [5, 5.41) is 5.96. The Morgan fingerprint density at radius 3 is 2.67 bits per heavy atom. The van der Waals surface area contributed by atoms with Crippen molar-refractivity contribution < 1.29 is 9.59 Å². The van der Waals surface area contributed by atoms with Gasteiger partial charge in [-0.3, -0.25) is 9.59 Å². The van der Waals surface area contributed by atoms with E-state index in [0.29, 0.717) is 17.7 Å². The molecule has 3 rings (SSSR count). The van der Waals surface area contributed by atoms with Crippen molar-refractivity contribution in [2.45, 2.75) is 46.1 Å². The Balaban J connectivity index is 1.60. The SMILES string of the molecule is Cc1nc(C)c(C(C)N(C)C(=O)c2cccc(NC(=O)CCCc3cccs3)c2)s1. The van der Waals surface area contributed by atoms with Gasteiger partial charge >= 0.3 is 0 Å². The molecule has 0 spiro atoms. The molecule has 0 radical (unpaired) electrons. The molecule has 0 aliphatic carbocycles. The highest BCUT2D eigenvalue weighted by Gasteiger charge is 2.22. The van der Waals surface area contributed by atoms with Crippen molar-refractivity contribution in [3.63, 3.8) is 0 Å². The van der Waals surface area contributed by atoms with Crippen LogP contribution in [0.5, 0.6) is 0 Å². The van der Waals surface area contributed by atoms with E-state index in [9.17, 15) is 9.59 Å². The molecule has 0 aliphatic rings. The molecule has 30 heavy (non-hydrogen) atoms. The number of amides is 2. The number of anilines is 1. The zero-order valence-corrected chi connectivity index (χ0v) is 19.4. The topological polar surface area (TPSA) is 62.3 Å². The molecule has 1 atom stereocenters. The first-order valence-corrected chi connectivity index (χ1v) is 11.7. The molecule has 1 N–H and O–H groups in total. The van der Waals surface area contributed by atoms with Crippen molar-refractivity contribution >= 4 is 40.2 Å². The number of carbonyl (C=O) groups is 2. The van der Waals surface area contributed by atoms with Crippen LogP contribution in [0.4, 0.5) is 5.69 Å². The molecule has 2 heterocycles. The van der Waals surface area contributed by atoms with Crippen molar-refractivity contribution in [2.75, 3.05) is 12.4 Å². The number of nitrogens with zero attached hydrogens (tertiary/aromatic N) is 2. The third-order valence-corrected chi connectivity index (χ3v) is 7.20. The Bertz CT molecular complexity index is 1010. The fourth-order valence-electron chi connectivity index (χ4n) is 3.32. The third kappa shape index (κ3) is 5.55. The Morgan fingerprint density at radius 1 is 1.20 bits per heavy atom. The first-order chi connectivity index (χ1) is 14.3. The number of nitrogens with one attached hydrogen (secondary N) is 1. The van der Waals surface area contributed by atoms with E-state index in [1.165, 1.54) is 4.88 Å². The van der Waals surface area contributed by atoms with E-state index in [2.05, 4.69) is 16.4 Å². The fourth-order valence-corrected chi connectivity index (χ4v) is 5.10. The van der Waals surface area contributed by atoms with E-state index in [1.807, 2.05) is 38.3 Å². The molecule has 5 nitrogen and oxygen atoms in total. The van der Waals surface area contributed by atoms with E-state index in [0.717, 1.165) is 28.4 Å². The van der Waals surface area contributed by atoms with Crippen LogP contribution in [0.15, 0.2) is 41.8 Å².